The van der Waals surface area contributed by atoms with Crippen molar-refractivity contribution in [2.45, 2.75) is 212 Å². The summed E-state index contributed by atoms with van der Waals surface area (Å²) in [5.74, 6) is -1.12. The zero-order valence-corrected chi connectivity index (χ0v) is 36.1. The van der Waals surface area contributed by atoms with Gasteiger partial charge in [-0.3, -0.25) is 14.1 Å². The second kappa shape index (κ2) is 39.7. The summed E-state index contributed by atoms with van der Waals surface area (Å²) in [6, 6.07) is 0. The summed E-state index contributed by atoms with van der Waals surface area (Å²) in [5, 5.41) is 20.2. The van der Waals surface area contributed by atoms with Gasteiger partial charge in [0.1, 0.15) is 6.61 Å². The number of phosphoric ester groups is 1. The first kappa shape index (κ1) is 53.9. The monoisotopic (exact) mass is 813 g/mol. The van der Waals surface area contributed by atoms with Crippen LogP contribution in [0.5, 0.6) is 0 Å². The fraction of sp³-hybridized carbons (Fsp3) is 0.778. The Morgan fingerprint density at radius 1 is 0.554 bits per heavy atom. The number of aliphatic hydroxyl groups is 2. The summed E-state index contributed by atoms with van der Waals surface area (Å²) in [5.41, 5.74) is 0. The predicted molar refractivity (Wildman–Crippen MR) is 228 cm³/mol. The average molecular weight is 813 g/mol. The van der Waals surface area contributed by atoms with Crippen molar-refractivity contribution in [3.8, 4) is 0 Å². The van der Waals surface area contributed by atoms with E-state index in [0.29, 0.717) is 25.7 Å². The van der Waals surface area contributed by atoms with Crippen molar-refractivity contribution in [2.24, 2.45) is 0 Å². The summed E-state index contributed by atoms with van der Waals surface area (Å²) >= 11 is 0. The third kappa shape index (κ3) is 41.6. The molecule has 0 aliphatic heterocycles. The molecule has 326 valence electrons. The van der Waals surface area contributed by atoms with Crippen LogP contribution in [0.3, 0.4) is 0 Å². The number of allylic oxidation sites excluding steroid dienone is 5. The Balaban J connectivity index is 4.11. The molecule has 0 aromatic heterocycles. The van der Waals surface area contributed by atoms with Crippen LogP contribution in [-0.2, 0) is 28.2 Å². The molecule has 0 saturated carbocycles. The Bertz CT molecular complexity index is 1080. The van der Waals surface area contributed by atoms with E-state index in [0.717, 1.165) is 25.7 Å². The van der Waals surface area contributed by atoms with E-state index in [1.54, 1.807) is 36.5 Å². The lowest BCUT2D eigenvalue weighted by Crippen LogP contribution is -2.29. The Morgan fingerprint density at radius 3 is 1.54 bits per heavy atom. The first-order valence-electron chi connectivity index (χ1n) is 22.1. The van der Waals surface area contributed by atoms with E-state index >= 15 is 0 Å². The molecule has 0 aromatic rings. The van der Waals surface area contributed by atoms with Gasteiger partial charge in [0.05, 0.1) is 18.8 Å². The van der Waals surface area contributed by atoms with Gasteiger partial charge in [0, 0.05) is 12.8 Å². The summed E-state index contributed by atoms with van der Waals surface area (Å²) in [6.07, 6.45) is 41.8. The van der Waals surface area contributed by atoms with Gasteiger partial charge in [-0.05, 0) is 38.5 Å². The van der Waals surface area contributed by atoms with E-state index in [1.165, 1.54) is 116 Å². The average Bonchev–Trinajstić information content (AvgIpc) is 3.16. The third-order valence-corrected chi connectivity index (χ3v) is 10.0. The van der Waals surface area contributed by atoms with Crippen LogP contribution in [0.1, 0.15) is 194 Å². The summed E-state index contributed by atoms with van der Waals surface area (Å²) in [7, 11) is -4.81. The molecule has 0 amide bonds. The molecule has 0 aliphatic rings. The van der Waals surface area contributed by atoms with E-state index in [-0.39, 0.29) is 12.8 Å². The van der Waals surface area contributed by atoms with E-state index < -0.39 is 51.3 Å². The molecule has 0 aliphatic carbocycles. The zero-order valence-electron chi connectivity index (χ0n) is 35.2. The van der Waals surface area contributed by atoms with Crippen molar-refractivity contribution >= 4 is 19.8 Å². The Morgan fingerprint density at radius 2 is 1.02 bits per heavy atom. The molecule has 11 heteroatoms. The van der Waals surface area contributed by atoms with Crippen molar-refractivity contribution in [1.29, 1.82) is 0 Å². The van der Waals surface area contributed by atoms with Gasteiger partial charge < -0.3 is 29.5 Å². The van der Waals surface area contributed by atoms with Gasteiger partial charge in [0.15, 0.2) is 6.10 Å². The van der Waals surface area contributed by atoms with Crippen LogP contribution >= 0.6 is 7.82 Å². The molecule has 3 atom stereocenters. The Kier molecular flexibility index (Phi) is 38.3. The van der Waals surface area contributed by atoms with Crippen molar-refractivity contribution in [3.63, 3.8) is 0 Å². The standard InChI is InChI=1S/C45H81O10P/c1-3-5-7-9-11-12-13-14-15-16-17-18-19-20-21-22-23-25-31-37-45(49)55-43(40-54-56(50,51)52)39-53-44(48)38-32-36-42(47)35-30-27-26-29-34-41(46)33-28-24-10-8-6-4-2/h24,26-30,34-35,41-43,46-47H,3-23,25,31-33,36-40H2,1-2H3,(H2,50,51,52)/b27-26+,28-24-,34-29+,35-30-/t41-,42-,43-/m1/s1. The first-order valence-corrected chi connectivity index (χ1v) is 23.7. The molecule has 0 bridgehead atoms. The van der Waals surface area contributed by atoms with E-state index in [2.05, 4.69) is 24.4 Å². The maximum Gasteiger partial charge on any atom is 0.469 e. The smallest absolute Gasteiger partial charge is 0.462 e. The molecule has 0 radical (unpaired) electrons. The summed E-state index contributed by atoms with van der Waals surface area (Å²) in [6.45, 7) is 3.43. The minimum Gasteiger partial charge on any atom is -0.462 e. The highest BCUT2D eigenvalue weighted by Gasteiger charge is 2.23. The van der Waals surface area contributed by atoms with Gasteiger partial charge in [0.25, 0.3) is 0 Å². The largest absolute Gasteiger partial charge is 0.469 e. The number of hydrogen-bond donors (Lipinski definition) is 4. The highest BCUT2D eigenvalue weighted by atomic mass is 31.2. The molecular formula is C45H81O10P. The number of phosphoric acid groups is 1. The first-order chi connectivity index (χ1) is 27.1. The van der Waals surface area contributed by atoms with Crippen LogP contribution in [0.4, 0.5) is 0 Å². The normalized spacial score (nSPS) is 14.0. The Hall–Kier alpha value is -2.07. The number of carbonyl (C=O) groups excluding carboxylic acids is 2. The highest BCUT2D eigenvalue weighted by molar-refractivity contribution is 7.46. The summed E-state index contributed by atoms with van der Waals surface area (Å²) < 4.78 is 26.3. The van der Waals surface area contributed by atoms with Crippen molar-refractivity contribution in [1.82, 2.24) is 0 Å². The van der Waals surface area contributed by atoms with E-state index in [9.17, 15) is 24.4 Å². The molecule has 56 heavy (non-hydrogen) atoms. The van der Waals surface area contributed by atoms with Crippen molar-refractivity contribution < 1.29 is 48.2 Å². The molecule has 4 N–H and O–H groups in total. The maximum atomic E-state index is 12.4. The SMILES string of the molecule is CCCCC/C=C\C[C@@H](O)/C=C/C=C/C=C\[C@@H](O)CCCC(=O)OC[C@H](COP(=O)(O)O)OC(=O)CCCCCCCCCCCCCCCCCCCCC. The summed E-state index contributed by atoms with van der Waals surface area (Å²) in [4.78, 5) is 42.9. The Labute approximate surface area is 340 Å². The van der Waals surface area contributed by atoms with Gasteiger partial charge in [-0.25, -0.2) is 4.57 Å². The molecule has 0 heterocycles. The molecular weight excluding hydrogens is 731 g/mol. The molecule has 0 aromatic carbocycles. The van der Waals surface area contributed by atoms with E-state index in [1.807, 2.05) is 6.08 Å². The van der Waals surface area contributed by atoms with Crippen LogP contribution in [0.2, 0.25) is 0 Å². The number of ether oxygens (including phenoxy) is 2. The van der Waals surface area contributed by atoms with E-state index in [4.69, 9.17) is 19.3 Å². The van der Waals surface area contributed by atoms with Gasteiger partial charge in [-0.2, -0.15) is 0 Å². The fourth-order valence-electron chi connectivity index (χ4n) is 6.16. The second-order valence-corrected chi connectivity index (χ2v) is 16.3. The van der Waals surface area contributed by atoms with Crippen molar-refractivity contribution in [2.75, 3.05) is 13.2 Å². The minimum atomic E-state index is -4.81. The molecule has 0 spiro atoms. The third-order valence-electron chi connectivity index (χ3n) is 9.54. The topological polar surface area (TPSA) is 160 Å². The molecule has 0 rings (SSSR count). The number of carbonyl (C=O) groups is 2. The number of aliphatic hydroxyl groups excluding tert-OH is 2. The van der Waals surface area contributed by atoms with Crippen LogP contribution in [0.15, 0.2) is 48.6 Å². The molecule has 10 nitrogen and oxygen atoms in total. The zero-order chi connectivity index (χ0) is 41.4. The lowest BCUT2D eigenvalue weighted by molar-refractivity contribution is -0.161. The van der Waals surface area contributed by atoms with Crippen molar-refractivity contribution in [3.05, 3.63) is 48.6 Å². The lowest BCUT2D eigenvalue weighted by atomic mass is 10.0. The van der Waals surface area contributed by atoms with Crippen LogP contribution in [0, 0.1) is 0 Å². The van der Waals surface area contributed by atoms with Crippen LogP contribution in [-0.4, -0.2) is 63.5 Å². The molecule has 0 unspecified atom stereocenters. The number of esters is 2. The quantitative estimate of drug-likeness (QED) is 0.0154. The van der Waals surface area contributed by atoms with Gasteiger partial charge in [-0.15, -0.1) is 0 Å². The van der Waals surface area contributed by atoms with Gasteiger partial charge in [0.2, 0.25) is 0 Å². The molecule has 0 saturated heterocycles. The van der Waals surface area contributed by atoms with Gasteiger partial charge in [-0.1, -0.05) is 191 Å². The lowest BCUT2D eigenvalue weighted by Gasteiger charge is -2.18. The molecule has 0 fully saturated rings. The minimum absolute atomic E-state index is 0.00773. The number of rotatable bonds is 40. The second-order valence-electron chi connectivity index (χ2n) is 15.1. The van der Waals surface area contributed by atoms with Crippen LogP contribution in [0.25, 0.3) is 0 Å². The van der Waals surface area contributed by atoms with Gasteiger partial charge >= 0.3 is 19.8 Å². The number of hydrogen-bond acceptors (Lipinski definition) is 8. The van der Waals surface area contributed by atoms with Crippen LogP contribution < -0.4 is 0 Å². The fourth-order valence-corrected chi connectivity index (χ4v) is 6.52. The highest BCUT2D eigenvalue weighted by Crippen LogP contribution is 2.36. The maximum absolute atomic E-state index is 12.4. The number of unbranched alkanes of at least 4 members (excludes halogenated alkanes) is 21. The predicted octanol–water partition coefficient (Wildman–Crippen LogP) is 11.5.